The molecule has 0 fully saturated rings. The van der Waals surface area contributed by atoms with Gasteiger partial charge in [0, 0.05) is 6.20 Å². The third kappa shape index (κ3) is 5.22. The van der Waals surface area contributed by atoms with Crippen LogP contribution in [0.5, 0.6) is 5.75 Å². The van der Waals surface area contributed by atoms with Gasteiger partial charge < -0.3 is 10.1 Å². The highest BCUT2D eigenvalue weighted by Crippen LogP contribution is 2.22. The van der Waals surface area contributed by atoms with Crippen molar-refractivity contribution in [3.63, 3.8) is 0 Å². The van der Waals surface area contributed by atoms with Gasteiger partial charge in [-0.3, -0.25) is 5.32 Å². The lowest BCUT2D eigenvalue weighted by molar-refractivity contribution is 0.171. The third-order valence-electron chi connectivity index (χ3n) is 3.50. The summed E-state index contributed by atoms with van der Waals surface area (Å²) in [5.74, 6) is 0.194. The lowest BCUT2D eigenvalue weighted by atomic mass is 9.87. The Morgan fingerprint density at radius 2 is 1.92 bits per heavy atom. The molecule has 0 saturated carbocycles. The first kappa shape index (κ1) is 17.7. The molecule has 1 unspecified atom stereocenters. The maximum absolute atomic E-state index is 13.7. The molecule has 5 nitrogen and oxygen atoms in total. The van der Waals surface area contributed by atoms with Crippen molar-refractivity contribution in [2.24, 2.45) is 5.41 Å². The van der Waals surface area contributed by atoms with E-state index in [0.717, 1.165) is 0 Å². The zero-order chi connectivity index (χ0) is 17.6. The largest absolute Gasteiger partial charge is 0.488 e. The van der Waals surface area contributed by atoms with E-state index in [1.165, 1.54) is 6.07 Å². The summed E-state index contributed by atoms with van der Waals surface area (Å²) in [4.78, 5) is 16.2. The first-order chi connectivity index (χ1) is 11.4. The van der Waals surface area contributed by atoms with E-state index in [1.807, 2.05) is 20.8 Å². The highest BCUT2D eigenvalue weighted by atomic mass is 19.1. The van der Waals surface area contributed by atoms with Gasteiger partial charge in [-0.05, 0) is 29.7 Å². The van der Waals surface area contributed by atoms with Crippen LogP contribution in [0.25, 0.3) is 0 Å². The molecule has 1 aromatic heterocycles. The van der Waals surface area contributed by atoms with Gasteiger partial charge in [0.15, 0.2) is 11.6 Å². The maximum Gasteiger partial charge on any atom is 0.320 e. The smallest absolute Gasteiger partial charge is 0.320 e. The number of nitrogens with zero attached hydrogens (tertiary/aromatic N) is 1. The molecule has 2 aromatic rings. The average molecular weight is 331 g/mol. The first-order valence-corrected chi connectivity index (χ1v) is 7.72. The van der Waals surface area contributed by atoms with Crippen LogP contribution in [0.3, 0.4) is 0 Å². The van der Waals surface area contributed by atoms with Crippen molar-refractivity contribution in [1.29, 1.82) is 0 Å². The van der Waals surface area contributed by atoms with Crippen molar-refractivity contribution >= 4 is 11.8 Å². The summed E-state index contributed by atoms with van der Waals surface area (Å²) in [6.45, 7) is 6.08. The fourth-order valence-corrected chi connectivity index (χ4v) is 1.99. The molecule has 128 valence electrons. The lowest BCUT2D eigenvalue weighted by Gasteiger charge is -2.31. The van der Waals surface area contributed by atoms with E-state index in [9.17, 15) is 9.18 Å². The molecular formula is C18H22FN3O2. The summed E-state index contributed by atoms with van der Waals surface area (Å²) in [5.41, 5.74) is -0.271. The van der Waals surface area contributed by atoms with Crippen LogP contribution in [0.4, 0.5) is 15.0 Å². The molecular weight excluding hydrogens is 309 g/mol. The van der Waals surface area contributed by atoms with E-state index in [4.69, 9.17) is 4.74 Å². The standard InChI is InChI=1S/C18H22FN3O2/c1-18(2,3)15(12-24-14-9-5-4-8-13(14)19)21-17(23)22-16-10-6-7-11-20-16/h4-11,15H,12H2,1-3H3,(H2,20,21,22,23). The number of pyridine rings is 1. The van der Waals surface area contributed by atoms with Crippen molar-refractivity contribution < 1.29 is 13.9 Å². The van der Waals surface area contributed by atoms with Gasteiger partial charge in [-0.1, -0.05) is 39.0 Å². The molecule has 0 aliphatic carbocycles. The average Bonchev–Trinajstić information content (AvgIpc) is 2.52. The minimum atomic E-state index is -0.428. The highest BCUT2D eigenvalue weighted by molar-refractivity contribution is 5.88. The van der Waals surface area contributed by atoms with E-state index in [1.54, 1.807) is 42.6 Å². The number of para-hydroxylation sites is 1. The second kappa shape index (κ2) is 7.77. The summed E-state index contributed by atoms with van der Waals surface area (Å²) < 4.78 is 19.2. The second-order valence-corrected chi connectivity index (χ2v) is 6.47. The van der Waals surface area contributed by atoms with Crippen LogP contribution in [-0.4, -0.2) is 23.7 Å². The minimum Gasteiger partial charge on any atom is -0.488 e. The predicted octanol–water partition coefficient (Wildman–Crippen LogP) is 3.84. The van der Waals surface area contributed by atoms with Crippen LogP contribution in [-0.2, 0) is 0 Å². The molecule has 6 heteroatoms. The molecule has 1 atom stereocenters. The second-order valence-electron chi connectivity index (χ2n) is 6.47. The molecule has 0 radical (unpaired) electrons. The molecule has 0 saturated heterocycles. The Hall–Kier alpha value is -2.63. The molecule has 1 heterocycles. The van der Waals surface area contributed by atoms with E-state index in [-0.39, 0.29) is 29.8 Å². The summed E-state index contributed by atoms with van der Waals surface area (Å²) in [5, 5.41) is 5.52. The van der Waals surface area contributed by atoms with Crippen molar-refractivity contribution in [2.45, 2.75) is 26.8 Å². The Labute approximate surface area is 141 Å². The molecule has 0 aliphatic heterocycles. The van der Waals surface area contributed by atoms with Crippen LogP contribution in [0.2, 0.25) is 0 Å². The fourth-order valence-electron chi connectivity index (χ4n) is 1.99. The van der Waals surface area contributed by atoms with Gasteiger partial charge in [-0.15, -0.1) is 0 Å². The zero-order valence-electron chi connectivity index (χ0n) is 14.0. The molecule has 24 heavy (non-hydrogen) atoms. The predicted molar refractivity (Wildman–Crippen MR) is 91.5 cm³/mol. The molecule has 2 rings (SSSR count). The number of carbonyl (C=O) groups is 1. The fraction of sp³-hybridized carbons (Fsp3) is 0.333. The van der Waals surface area contributed by atoms with Crippen molar-refractivity contribution in [3.05, 3.63) is 54.5 Å². The number of aromatic nitrogens is 1. The SMILES string of the molecule is CC(C)(C)C(COc1ccccc1F)NC(=O)Nc1ccccn1. The van der Waals surface area contributed by atoms with Gasteiger partial charge in [-0.25, -0.2) is 14.2 Å². The Morgan fingerprint density at radius 1 is 1.21 bits per heavy atom. The van der Waals surface area contributed by atoms with Gasteiger partial charge in [0.05, 0.1) is 6.04 Å². The van der Waals surface area contributed by atoms with Crippen molar-refractivity contribution in [2.75, 3.05) is 11.9 Å². The summed E-state index contributed by atoms with van der Waals surface area (Å²) in [7, 11) is 0. The van der Waals surface area contributed by atoms with Gasteiger partial charge in [0.2, 0.25) is 0 Å². The third-order valence-corrected chi connectivity index (χ3v) is 3.50. The molecule has 0 bridgehead atoms. The van der Waals surface area contributed by atoms with E-state index >= 15 is 0 Å². The summed E-state index contributed by atoms with van der Waals surface area (Å²) >= 11 is 0. The number of ether oxygens (including phenoxy) is 1. The number of hydrogen-bond acceptors (Lipinski definition) is 3. The molecule has 0 aliphatic rings. The lowest BCUT2D eigenvalue weighted by Crippen LogP contribution is -2.49. The molecule has 2 N–H and O–H groups in total. The Kier molecular flexibility index (Phi) is 5.73. The number of urea groups is 1. The summed E-state index contributed by atoms with van der Waals surface area (Å²) in [6, 6.07) is 10.7. The highest BCUT2D eigenvalue weighted by Gasteiger charge is 2.27. The van der Waals surface area contributed by atoms with Gasteiger partial charge >= 0.3 is 6.03 Å². The molecule has 0 spiro atoms. The minimum absolute atomic E-state index is 0.153. The normalized spacial score (nSPS) is 12.3. The number of hydrogen-bond donors (Lipinski definition) is 2. The number of carbonyl (C=O) groups excluding carboxylic acids is 1. The quantitative estimate of drug-likeness (QED) is 0.875. The Bertz CT molecular complexity index is 671. The van der Waals surface area contributed by atoms with E-state index < -0.39 is 5.82 Å². The van der Waals surface area contributed by atoms with E-state index in [2.05, 4.69) is 15.6 Å². The maximum atomic E-state index is 13.7. The van der Waals surface area contributed by atoms with Gasteiger partial charge in [0.25, 0.3) is 0 Å². The van der Waals surface area contributed by atoms with Crippen LogP contribution in [0.1, 0.15) is 20.8 Å². The summed E-state index contributed by atoms with van der Waals surface area (Å²) in [6.07, 6.45) is 1.60. The number of rotatable bonds is 5. The monoisotopic (exact) mass is 331 g/mol. The number of benzene rings is 1. The van der Waals surface area contributed by atoms with Crippen LogP contribution < -0.4 is 15.4 Å². The number of halogens is 1. The number of anilines is 1. The van der Waals surface area contributed by atoms with Crippen LogP contribution in [0.15, 0.2) is 48.7 Å². The zero-order valence-corrected chi connectivity index (χ0v) is 14.0. The Balaban J connectivity index is 1.98. The van der Waals surface area contributed by atoms with Crippen molar-refractivity contribution in [1.82, 2.24) is 10.3 Å². The number of nitrogens with one attached hydrogen (secondary N) is 2. The van der Waals surface area contributed by atoms with E-state index in [0.29, 0.717) is 5.82 Å². The first-order valence-electron chi connectivity index (χ1n) is 7.72. The van der Waals surface area contributed by atoms with Crippen LogP contribution in [0, 0.1) is 11.2 Å². The number of amides is 2. The van der Waals surface area contributed by atoms with Gasteiger partial charge in [0.1, 0.15) is 12.4 Å². The van der Waals surface area contributed by atoms with Gasteiger partial charge in [-0.2, -0.15) is 0 Å². The topological polar surface area (TPSA) is 63.2 Å². The van der Waals surface area contributed by atoms with Crippen molar-refractivity contribution in [3.8, 4) is 5.75 Å². The Morgan fingerprint density at radius 3 is 2.54 bits per heavy atom. The van der Waals surface area contributed by atoms with Crippen LogP contribution >= 0.6 is 0 Å². The molecule has 1 aromatic carbocycles. The molecule has 2 amide bonds.